The van der Waals surface area contributed by atoms with Crippen LogP contribution >= 0.6 is 0 Å². The van der Waals surface area contributed by atoms with Crippen LogP contribution in [0.15, 0.2) is 30.0 Å². The summed E-state index contributed by atoms with van der Waals surface area (Å²) in [6, 6.07) is -15.1. The van der Waals surface area contributed by atoms with Gasteiger partial charge in [0.05, 0.1) is 37.6 Å². The van der Waals surface area contributed by atoms with Crippen LogP contribution in [-0.4, -0.2) is 185 Å². The average molecular weight is 1190 g/mol. The van der Waals surface area contributed by atoms with Crippen molar-refractivity contribution in [3.8, 4) is 0 Å². The fraction of sp³-hybridized carbons (Fsp3) is 0.627. The van der Waals surface area contributed by atoms with E-state index in [1.54, 1.807) is 41.5 Å². The first-order valence-corrected chi connectivity index (χ1v) is 27.2. The molecule has 0 unspecified atom stereocenters. The number of aromatic amines is 2. The summed E-state index contributed by atoms with van der Waals surface area (Å²) in [4.78, 5) is 177. The van der Waals surface area contributed by atoms with Crippen molar-refractivity contribution in [2.45, 2.75) is 180 Å². The summed E-state index contributed by atoms with van der Waals surface area (Å²) in [7, 11) is 0. The smallest absolute Gasteiger partial charge is 0.326 e. The zero-order chi connectivity index (χ0) is 63.5. The van der Waals surface area contributed by atoms with Gasteiger partial charge >= 0.3 is 11.9 Å². The molecule has 0 saturated carbocycles. The molecule has 2 heterocycles. The fourth-order valence-corrected chi connectivity index (χ4v) is 8.15. The van der Waals surface area contributed by atoms with Gasteiger partial charge in [0.15, 0.2) is 5.96 Å². The average Bonchev–Trinajstić information content (AvgIpc) is 4.16. The Labute approximate surface area is 484 Å². The molecule has 2 rings (SSSR count). The minimum Gasteiger partial charge on any atom is -0.481 e. The van der Waals surface area contributed by atoms with Gasteiger partial charge in [-0.05, 0) is 57.3 Å². The van der Waals surface area contributed by atoms with E-state index in [0.29, 0.717) is 12.1 Å². The number of rotatable bonds is 38. The number of nitrogens with one attached hydrogen (secondary N) is 11. The lowest BCUT2D eigenvalue weighted by Crippen LogP contribution is -2.62. The van der Waals surface area contributed by atoms with E-state index in [2.05, 4.69) is 72.8 Å². The molecule has 0 radical (unpaired) electrons. The second kappa shape index (κ2) is 35.3. The first kappa shape index (κ1) is 71.4. The van der Waals surface area contributed by atoms with E-state index in [1.165, 1.54) is 32.0 Å². The van der Waals surface area contributed by atoms with Crippen molar-refractivity contribution >= 4 is 77.0 Å². The summed E-state index contributed by atoms with van der Waals surface area (Å²) in [5, 5.41) is 51.8. The Hall–Kier alpha value is -8.75. The maximum absolute atomic E-state index is 14.3. The predicted molar refractivity (Wildman–Crippen MR) is 299 cm³/mol. The molecule has 0 spiro atoms. The molecule has 12 atom stereocenters. The third-order valence-corrected chi connectivity index (χ3v) is 12.8. The van der Waals surface area contributed by atoms with Crippen LogP contribution in [0.1, 0.15) is 112 Å². The molecule has 84 heavy (non-hydrogen) atoms. The number of carboxylic acids is 2. The first-order chi connectivity index (χ1) is 39.3. The largest absolute Gasteiger partial charge is 0.481 e. The van der Waals surface area contributed by atoms with Crippen LogP contribution in [0, 0.1) is 17.8 Å². The summed E-state index contributed by atoms with van der Waals surface area (Å²) >= 11 is 0. The van der Waals surface area contributed by atoms with Crippen molar-refractivity contribution in [2.75, 3.05) is 6.54 Å². The molecule has 0 fully saturated rings. The Balaban J connectivity index is 2.45. The molecule has 2 aromatic rings. The van der Waals surface area contributed by atoms with Crippen LogP contribution < -0.4 is 70.8 Å². The molecule has 0 aromatic carbocycles. The van der Waals surface area contributed by atoms with Crippen molar-refractivity contribution < 1.29 is 72.9 Å². The number of carboxylic acid groups (broad SMARTS) is 2. The number of aliphatic imine (C=N–C) groups is 1. The van der Waals surface area contributed by atoms with Crippen molar-refractivity contribution in [1.29, 1.82) is 0 Å². The lowest BCUT2D eigenvalue weighted by molar-refractivity contribution is -0.143. The van der Waals surface area contributed by atoms with Gasteiger partial charge in [0, 0.05) is 43.2 Å². The number of guanidine groups is 1. The Morgan fingerprint density at radius 1 is 0.548 bits per heavy atom. The van der Waals surface area contributed by atoms with Crippen LogP contribution in [0.3, 0.4) is 0 Å². The zero-order valence-electron chi connectivity index (χ0n) is 48.4. The second-order valence-electron chi connectivity index (χ2n) is 21.2. The van der Waals surface area contributed by atoms with Gasteiger partial charge in [-0.3, -0.25) is 57.7 Å². The van der Waals surface area contributed by atoms with E-state index in [1.807, 2.05) is 0 Å². The number of H-pyrrole nitrogens is 2. The van der Waals surface area contributed by atoms with Crippen molar-refractivity contribution in [2.24, 2.45) is 45.7 Å². The Bertz CT molecular complexity index is 2580. The highest BCUT2D eigenvalue weighted by Crippen LogP contribution is 2.14. The second-order valence-corrected chi connectivity index (χ2v) is 21.2. The number of nitrogens with zero attached hydrogens (tertiary/aromatic N) is 3. The van der Waals surface area contributed by atoms with E-state index >= 15 is 0 Å². The van der Waals surface area contributed by atoms with Crippen LogP contribution in [0.5, 0.6) is 0 Å². The molecule has 0 aliphatic rings. The molecule has 0 bridgehead atoms. The summed E-state index contributed by atoms with van der Waals surface area (Å²) in [6.45, 7) is 13.0. The number of carbonyl (C=O) groups excluding carboxylic acids is 10. The molecule has 468 valence electrons. The van der Waals surface area contributed by atoms with Gasteiger partial charge in [-0.1, -0.05) is 48.0 Å². The highest BCUT2D eigenvalue weighted by molar-refractivity contribution is 5.99. The minimum atomic E-state index is -1.90. The SMILES string of the molecule is CC[C@H](C)[C@H](NC(=O)[C@H](CC(C)C)NC(=O)[C@H](CCCN=C(N)N)NC(=O)[C@H](C)NC(=O)[C@H](Cc1cnc[nH]1)NC(=O)[C@H](Cc1cnc[nH]1)NC(=O)[C@@H](NC(=O)[C@H](CC(N)=O)NC(=O)[C@@H](N)CC(=O)O)[C@@H](C)O)C(=O)N[C@@H](CC(C)C)C(=O)O. The van der Waals surface area contributed by atoms with E-state index in [0.717, 1.165) is 6.92 Å². The van der Waals surface area contributed by atoms with E-state index in [-0.39, 0.29) is 68.6 Å². The molecule has 33 heteroatoms. The van der Waals surface area contributed by atoms with Crippen molar-refractivity contribution in [3.63, 3.8) is 0 Å². The lowest BCUT2D eigenvalue weighted by Gasteiger charge is -2.29. The van der Waals surface area contributed by atoms with Gasteiger partial charge in [-0.25, -0.2) is 14.8 Å². The predicted octanol–water partition coefficient (Wildman–Crippen LogP) is -5.36. The molecule has 33 nitrogen and oxygen atoms in total. The number of aromatic nitrogens is 4. The number of nitrogens with two attached hydrogens (primary N) is 4. The van der Waals surface area contributed by atoms with Crippen molar-refractivity contribution in [1.82, 2.24) is 67.8 Å². The molecule has 22 N–H and O–H groups in total. The molecular formula is C51H84N18O15. The van der Waals surface area contributed by atoms with Gasteiger partial charge in [-0.15, -0.1) is 0 Å². The zero-order valence-corrected chi connectivity index (χ0v) is 48.4. The summed E-state index contributed by atoms with van der Waals surface area (Å²) < 4.78 is 0. The number of aliphatic hydroxyl groups is 1. The Morgan fingerprint density at radius 2 is 0.988 bits per heavy atom. The maximum Gasteiger partial charge on any atom is 0.326 e. The third kappa shape index (κ3) is 25.6. The van der Waals surface area contributed by atoms with Crippen molar-refractivity contribution in [3.05, 3.63) is 36.4 Å². The van der Waals surface area contributed by atoms with Gasteiger partial charge in [-0.2, -0.15) is 0 Å². The summed E-state index contributed by atoms with van der Waals surface area (Å²) in [6.07, 6.45) is 1.75. The third-order valence-electron chi connectivity index (χ3n) is 12.8. The molecule has 0 aliphatic carbocycles. The number of aliphatic carboxylic acids is 2. The maximum atomic E-state index is 14.3. The summed E-state index contributed by atoms with van der Waals surface area (Å²) in [5.41, 5.74) is 22.5. The number of hydrogen-bond acceptors (Lipinski definition) is 17. The van der Waals surface area contributed by atoms with Gasteiger partial charge in [0.2, 0.25) is 59.1 Å². The van der Waals surface area contributed by atoms with Crippen LogP contribution in [0.25, 0.3) is 0 Å². The molecular weight excluding hydrogens is 1100 g/mol. The lowest BCUT2D eigenvalue weighted by atomic mass is 9.95. The highest BCUT2D eigenvalue weighted by Gasteiger charge is 2.38. The van der Waals surface area contributed by atoms with Crippen LogP contribution in [0.2, 0.25) is 0 Å². The van der Waals surface area contributed by atoms with Gasteiger partial charge in [0.25, 0.3) is 0 Å². The number of carbonyl (C=O) groups is 12. The Morgan fingerprint density at radius 3 is 1.46 bits per heavy atom. The fourth-order valence-electron chi connectivity index (χ4n) is 8.15. The molecule has 10 amide bonds. The summed E-state index contributed by atoms with van der Waals surface area (Å²) in [5.74, 6) is -13.7. The monoisotopic (exact) mass is 1190 g/mol. The van der Waals surface area contributed by atoms with E-state index in [4.69, 9.17) is 28.0 Å². The molecule has 2 aromatic heterocycles. The van der Waals surface area contributed by atoms with E-state index in [9.17, 15) is 67.7 Å². The first-order valence-electron chi connectivity index (χ1n) is 27.2. The molecule has 0 aliphatic heterocycles. The number of aliphatic hydroxyl groups excluding tert-OH is 1. The van der Waals surface area contributed by atoms with Crippen LogP contribution in [0.4, 0.5) is 0 Å². The minimum absolute atomic E-state index is 0.0133. The number of hydrogen-bond donors (Lipinski definition) is 18. The van der Waals surface area contributed by atoms with Gasteiger partial charge in [0.1, 0.15) is 54.4 Å². The van der Waals surface area contributed by atoms with E-state index < -0.39 is 156 Å². The quantitative estimate of drug-likeness (QED) is 0.0170. The number of imidazole rings is 2. The standard InChI is InChI=1S/C51H84N18O15/c1-9-25(6)39(48(81)67-36(50(83)84)14-24(4)5)68-46(79)32(13-23(2)3)64-43(76)31(11-10-12-58-51(54)55)62-41(74)26(7)61-44(77)33(15-28-19-56-21-59-28)65-45(78)34(16-29-20-57-22-60-29)66-49(82)40(27(8)70)69-47(80)35(18-37(53)71)63-42(75)30(52)17-38(72)73/h19-27,30-36,39-40,70H,9-18,52H2,1-8H3,(H2,53,71)(H,56,59)(H,57,60)(H,61,77)(H,62,74)(H,63,75)(H,64,76)(H,65,78)(H,66,82)(H,67,81)(H,68,79)(H,69,80)(H,72,73)(H,83,84)(H4,54,55,58)/t25-,26-,27+,30-,31-,32-,33-,34-,35-,36-,39-,40-/m0/s1. The Kier molecular flexibility index (Phi) is 30.0. The van der Waals surface area contributed by atoms with Gasteiger partial charge < -0.3 is 96.1 Å². The topological polar surface area (TPSA) is 548 Å². The number of amides is 10. The highest BCUT2D eigenvalue weighted by atomic mass is 16.4. The van der Waals surface area contributed by atoms with Crippen LogP contribution in [-0.2, 0) is 70.4 Å². The number of primary amides is 1. The molecule has 0 saturated heterocycles. The normalized spacial score (nSPS) is 15.5.